The molecular weight excluding hydrogens is 226 g/mol. The van der Waals surface area contributed by atoms with Gasteiger partial charge >= 0.3 is 0 Å². The Balaban J connectivity index is 1.66. The van der Waals surface area contributed by atoms with Crippen LogP contribution in [0.1, 0.15) is 31.2 Å². The number of hydrogen-bond acceptors (Lipinski definition) is 2. The number of aromatic amines is 1. The van der Waals surface area contributed by atoms with E-state index in [0.29, 0.717) is 6.04 Å². The van der Waals surface area contributed by atoms with E-state index in [1.54, 1.807) is 0 Å². The lowest BCUT2D eigenvalue weighted by molar-refractivity contribution is -0.126. The van der Waals surface area contributed by atoms with E-state index in [1.165, 1.54) is 5.56 Å². The van der Waals surface area contributed by atoms with Crippen LogP contribution in [0.5, 0.6) is 0 Å². The molecule has 3 N–H and O–H groups in total. The number of hydrogen-bond donors (Lipinski definition) is 3. The van der Waals surface area contributed by atoms with Gasteiger partial charge in [-0.25, -0.2) is 0 Å². The molecule has 1 aliphatic carbocycles. The third kappa shape index (κ3) is 3.60. The summed E-state index contributed by atoms with van der Waals surface area (Å²) in [6.45, 7) is 0.739. The summed E-state index contributed by atoms with van der Waals surface area (Å²) in [6.07, 6.45) is 9.06. The van der Waals surface area contributed by atoms with Gasteiger partial charge in [0, 0.05) is 30.9 Å². The second kappa shape index (κ2) is 6.59. The van der Waals surface area contributed by atoms with Crippen LogP contribution in [-0.2, 0) is 11.2 Å². The van der Waals surface area contributed by atoms with E-state index in [2.05, 4.69) is 15.6 Å². The van der Waals surface area contributed by atoms with Crippen LogP contribution < -0.4 is 10.6 Å². The molecule has 4 heteroatoms. The maximum Gasteiger partial charge on any atom is 0.223 e. The molecule has 0 spiro atoms. The van der Waals surface area contributed by atoms with Crippen molar-refractivity contribution >= 4 is 5.91 Å². The molecule has 1 heterocycles. The molecule has 1 saturated carbocycles. The molecule has 100 valence electrons. The highest BCUT2D eigenvalue weighted by Gasteiger charge is 2.24. The van der Waals surface area contributed by atoms with Gasteiger partial charge in [0.1, 0.15) is 0 Å². The van der Waals surface area contributed by atoms with Crippen molar-refractivity contribution in [1.29, 1.82) is 0 Å². The molecule has 2 rings (SSSR count). The smallest absolute Gasteiger partial charge is 0.223 e. The van der Waals surface area contributed by atoms with E-state index < -0.39 is 0 Å². The topological polar surface area (TPSA) is 56.9 Å². The summed E-state index contributed by atoms with van der Waals surface area (Å²) in [4.78, 5) is 15.0. The zero-order valence-corrected chi connectivity index (χ0v) is 11.0. The highest BCUT2D eigenvalue weighted by Crippen LogP contribution is 2.24. The van der Waals surface area contributed by atoms with E-state index in [4.69, 9.17) is 0 Å². The SMILES string of the molecule is CNC1CCC(C(=O)NCCc2cc[nH]c2)CC1. The summed E-state index contributed by atoms with van der Waals surface area (Å²) in [6, 6.07) is 2.65. The molecule has 0 saturated heterocycles. The molecule has 1 amide bonds. The number of carbonyl (C=O) groups is 1. The average Bonchev–Trinajstić information content (AvgIpc) is 2.92. The van der Waals surface area contributed by atoms with Crippen LogP contribution in [0.15, 0.2) is 18.5 Å². The third-order valence-corrected chi connectivity index (χ3v) is 3.88. The standard InChI is InChI=1S/C14H23N3O/c1-15-13-4-2-12(3-5-13)14(18)17-9-7-11-6-8-16-10-11/h6,8,10,12-13,15-16H,2-5,7,9H2,1H3,(H,17,18). The zero-order chi connectivity index (χ0) is 12.8. The minimum Gasteiger partial charge on any atom is -0.367 e. The zero-order valence-electron chi connectivity index (χ0n) is 11.0. The number of aromatic nitrogens is 1. The molecule has 0 aliphatic heterocycles. The first-order valence-electron chi connectivity index (χ1n) is 6.86. The normalized spacial score (nSPS) is 23.8. The second-order valence-electron chi connectivity index (χ2n) is 5.10. The Morgan fingerprint density at radius 3 is 2.78 bits per heavy atom. The summed E-state index contributed by atoms with van der Waals surface area (Å²) in [5.74, 6) is 0.459. The first-order chi connectivity index (χ1) is 8.79. The molecule has 0 unspecified atom stereocenters. The van der Waals surface area contributed by atoms with Gasteiger partial charge in [0.05, 0.1) is 0 Å². The van der Waals surface area contributed by atoms with Crippen molar-refractivity contribution in [2.75, 3.05) is 13.6 Å². The van der Waals surface area contributed by atoms with Gasteiger partial charge in [0.15, 0.2) is 0 Å². The van der Waals surface area contributed by atoms with Crippen LogP contribution in [0.4, 0.5) is 0 Å². The van der Waals surface area contributed by atoms with Crippen LogP contribution >= 0.6 is 0 Å². The number of H-pyrrole nitrogens is 1. The molecule has 1 aromatic rings. The predicted octanol–water partition coefficient (Wildman–Crippen LogP) is 1.45. The number of nitrogens with one attached hydrogen (secondary N) is 3. The minimum absolute atomic E-state index is 0.223. The largest absolute Gasteiger partial charge is 0.367 e. The van der Waals surface area contributed by atoms with Crippen molar-refractivity contribution in [3.05, 3.63) is 24.0 Å². The van der Waals surface area contributed by atoms with Gasteiger partial charge in [-0.1, -0.05) is 0 Å². The number of rotatable bonds is 5. The Morgan fingerprint density at radius 1 is 1.39 bits per heavy atom. The van der Waals surface area contributed by atoms with E-state index in [9.17, 15) is 4.79 Å². The Morgan fingerprint density at radius 2 is 2.17 bits per heavy atom. The summed E-state index contributed by atoms with van der Waals surface area (Å²) in [7, 11) is 2.00. The third-order valence-electron chi connectivity index (χ3n) is 3.88. The van der Waals surface area contributed by atoms with Crippen molar-refractivity contribution in [2.45, 2.75) is 38.1 Å². The molecule has 0 atom stereocenters. The second-order valence-corrected chi connectivity index (χ2v) is 5.10. The summed E-state index contributed by atoms with van der Waals surface area (Å²) in [5.41, 5.74) is 1.24. The molecule has 1 aromatic heterocycles. The Bertz CT molecular complexity index is 353. The van der Waals surface area contributed by atoms with Gasteiger partial charge in [-0.2, -0.15) is 0 Å². The summed E-state index contributed by atoms with van der Waals surface area (Å²) in [5, 5.41) is 6.34. The lowest BCUT2D eigenvalue weighted by Crippen LogP contribution is -2.38. The molecule has 1 aliphatic rings. The molecule has 18 heavy (non-hydrogen) atoms. The Hall–Kier alpha value is -1.29. The summed E-state index contributed by atoms with van der Waals surface area (Å²) < 4.78 is 0. The highest BCUT2D eigenvalue weighted by molar-refractivity contribution is 5.78. The molecule has 0 bridgehead atoms. The fourth-order valence-electron chi connectivity index (χ4n) is 2.63. The van der Waals surface area contributed by atoms with Crippen LogP contribution in [-0.4, -0.2) is 30.5 Å². The first kappa shape index (κ1) is 13.1. The monoisotopic (exact) mass is 249 g/mol. The van der Waals surface area contributed by atoms with Gasteiger partial charge in [-0.3, -0.25) is 4.79 Å². The van der Waals surface area contributed by atoms with Crippen molar-refractivity contribution in [3.63, 3.8) is 0 Å². The number of carbonyl (C=O) groups excluding carboxylic acids is 1. The molecule has 0 aromatic carbocycles. The predicted molar refractivity (Wildman–Crippen MR) is 72.3 cm³/mol. The van der Waals surface area contributed by atoms with Gasteiger partial charge in [0.25, 0.3) is 0 Å². The van der Waals surface area contributed by atoms with Gasteiger partial charge < -0.3 is 15.6 Å². The maximum atomic E-state index is 12.0. The van der Waals surface area contributed by atoms with Crippen LogP contribution in [0.3, 0.4) is 0 Å². The molecular formula is C14H23N3O. The van der Waals surface area contributed by atoms with Crippen LogP contribution in [0.2, 0.25) is 0 Å². The quantitative estimate of drug-likeness (QED) is 0.740. The van der Waals surface area contributed by atoms with Crippen molar-refractivity contribution in [3.8, 4) is 0 Å². The minimum atomic E-state index is 0.223. The fourth-order valence-corrected chi connectivity index (χ4v) is 2.63. The Labute approximate surface area is 109 Å². The van der Waals surface area contributed by atoms with E-state index >= 15 is 0 Å². The van der Waals surface area contributed by atoms with Gasteiger partial charge in [0.2, 0.25) is 5.91 Å². The number of amides is 1. The van der Waals surface area contributed by atoms with Gasteiger partial charge in [-0.05, 0) is 50.8 Å². The molecule has 4 nitrogen and oxygen atoms in total. The van der Waals surface area contributed by atoms with Crippen LogP contribution in [0, 0.1) is 5.92 Å². The van der Waals surface area contributed by atoms with E-state index in [0.717, 1.165) is 38.6 Å². The Kier molecular flexibility index (Phi) is 4.81. The fraction of sp³-hybridized carbons (Fsp3) is 0.643. The van der Waals surface area contributed by atoms with Crippen LogP contribution in [0.25, 0.3) is 0 Å². The van der Waals surface area contributed by atoms with Gasteiger partial charge in [-0.15, -0.1) is 0 Å². The van der Waals surface area contributed by atoms with E-state index in [-0.39, 0.29) is 11.8 Å². The highest BCUT2D eigenvalue weighted by atomic mass is 16.1. The van der Waals surface area contributed by atoms with Crippen molar-refractivity contribution in [1.82, 2.24) is 15.6 Å². The van der Waals surface area contributed by atoms with E-state index in [1.807, 2.05) is 25.5 Å². The average molecular weight is 249 g/mol. The first-order valence-corrected chi connectivity index (χ1v) is 6.86. The molecule has 1 fully saturated rings. The maximum absolute atomic E-state index is 12.0. The van der Waals surface area contributed by atoms with Crippen molar-refractivity contribution in [2.24, 2.45) is 5.92 Å². The van der Waals surface area contributed by atoms with Crippen molar-refractivity contribution < 1.29 is 4.79 Å². The summed E-state index contributed by atoms with van der Waals surface area (Å²) >= 11 is 0. The lowest BCUT2D eigenvalue weighted by atomic mass is 9.85. The lowest BCUT2D eigenvalue weighted by Gasteiger charge is -2.27. The molecule has 0 radical (unpaired) electrons.